The zero-order chi connectivity index (χ0) is 26.9. The molecule has 0 atom stereocenters. The Kier molecular flexibility index (Phi) is 32.9. The third-order valence-corrected chi connectivity index (χ3v) is 8.04. The molecular weight excluding hydrogens is 448 g/mol. The summed E-state index contributed by atoms with van der Waals surface area (Å²) in [5.74, 6) is 0.351. The van der Waals surface area contributed by atoms with Gasteiger partial charge in [0, 0.05) is 6.42 Å². The maximum absolute atomic E-state index is 10.9. The summed E-state index contributed by atoms with van der Waals surface area (Å²) in [5, 5.41) is 0. The van der Waals surface area contributed by atoms with E-state index in [1.165, 1.54) is 186 Å². The van der Waals surface area contributed by atoms with Crippen LogP contribution in [0.3, 0.4) is 0 Å². The highest BCUT2D eigenvalue weighted by molar-refractivity contribution is 5.75. The largest absolute Gasteiger partial charge is 0.300 e. The minimum atomic E-state index is 0.351. The number of allylic oxidation sites excluding steroid dienone is 2. The smallest absolute Gasteiger partial charge is 0.129 e. The van der Waals surface area contributed by atoms with Gasteiger partial charge in [-0.05, 0) is 39.0 Å². The van der Waals surface area contributed by atoms with Crippen LogP contribution in [0.2, 0.25) is 0 Å². The van der Waals surface area contributed by atoms with Gasteiger partial charge in [0.05, 0.1) is 0 Å². The Bertz CT molecular complexity index is 452. The molecule has 0 bridgehead atoms. The van der Waals surface area contributed by atoms with E-state index in [0.717, 1.165) is 12.8 Å². The second kappa shape index (κ2) is 33.4. The van der Waals surface area contributed by atoms with Crippen molar-refractivity contribution in [3.63, 3.8) is 0 Å². The van der Waals surface area contributed by atoms with Crippen LogP contribution in [-0.4, -0.2) is 5.78 Å². The summed E-state index contributed by atoms with van der Waals surface area (Å²) >= 11 is 0. The van der Waals surface area contributed by atoms with E-state index in [2.05, 4.69) is 19.1 Å². The van der Waals surface area contributed by atoms with Crippen LogP contribution in [-0.2, 0) is 4.79 Å². The van der Waals surface area contributed by atoms with Gasteiger partial charge in [0.15, 0.2) is 0 Å². The van der Waals surface area contributed by atoms with Crippen LogP contribution in [0.1, 0.15) is 213 Å². The van der Waals surface area contributed by atoms with Gasteiger partial charge in [-0.1, -0.05) is 180 Å². The third kappa shape index (κ3) is 35.4. The lowest BCUT2D eigenvalue weighted by Crippen LogP contribution is -1.89. The average molecular weight is 519 g/mol. The van der Waals surface area contributed by atoms with Crippen molar-refractivity contribution in [2.75, 3.05) is 0 Å². The van der Waals surface area contributed by atoms with Crippen molar-refractivity contribution < 1.29 is 4.79 Å². The SMILES string of the molecule is CCCCCCCC/C=C/CCCCCCCCCCCCCCCCCCCCCCCCC(C)=O. The van der Waals surface area contributed by atoms with E-state index in [1.807, 2.05) is 0 Å². The highest BCUT2D eigenvalue weighted by Crippen LogP contribution is 2.16. The number of carbonyl (C=O) groups is 1. The maximum atomic E-state index is 10.9. The van der Waals surface area contributed by atoms with Crippen LogP contribution in [0.4, 0.5) is 0 Å². The highest BCUT2D eigenvalue weighted by Gasteiger charge is 1.97. The van der Waals surface area contributed by atoms with Crippen LogP contribution in [0.15, 0.2) is 12.2 Å². The number of hydrogen-bond donors (Lipinski definition) is 0. The molecule has 1 nitrogen and oxygen atoms in total. The Hall–Kier alpha value is -0.590. The maximum Gasteiger partial charge on any atom is 0.129 e. The number of rotatable bonds is 32. The van der Waals surface area contributed by atoms with E-state index in [0.29, 0.717) is 5.78 Å². The Balaban J connectivity index is 3.06. The Morgan fingerprint density at radius 2 is 0.622 bits per heavy atom. The molecule has 0 fully saturated rings. The van der Waals surface area contributed by atoms with Crippen molar-refractivity contribution >= 4 is 5.78 Å². The van der Waals surface area contributed by atoms with Gasteiger partial charge in [0.1, 0.15) is 5.78 Å². The van der Waals surface area contributed by atoms with Gasteiger partial charge in [0.2, 0.25) is 0 Å². The fourth-order valence-electron chi connectivity index (χ4n) is 5.45. The van der Waals surface area contributed by atoms with Crippen molar-refractivity contribution in [1.29, 1.82) is 0 Å². The first-order valence-corrected chi connectivity index (χ1v) is 17.4. The van der Waals surface area contributed by atoms with Crippen molar-refractivity contribution in [2.24, 2.45) is 0 Å². The molecule has 220 valence electrons. The summed E-state index contributed by atoms with van der Waals surface area (Å²) in [6, 6.07) is 0. The van der Waals surface area contributed by atoms with Crippen molar-refractivity contribution in [1.82, 2.24) is 0 Å². The molecule has 0 saturated heterocycles. The van der Waals surface area contributed by atoms with Gasteiger partial charge < -0.3 is 4.79 Å². The van der Waals surface area contributed by atoms with Gasteiger partial charge in [-0.25, -0.2) is 0 Å². The minimum Gasteiger partial charge on any atom is -0.300 e. The lowest BCUT2D eigenvalue weighted by molar-refractivity contribution is -0.117. The van der Waals surface area contributed by atoms with Crippen molar-refractivity contribution in [2.45, 2.75) is 213 Å². The molecule has 1 heteroatoms. The molecule has 0 amide bonds. The third-order valence-electron chi connectivity index (χ3n) is 8.04. The second-order valence-corrected chi connectivity index (χ2v) is 12.0. The number of ketones is 1. The molecule has 0 aliphatic carbocycles. The van der Waals surface area contributed by atoms with Crippen LogP contribution < -0.4 is 0 Å². The first-order chi connectivity index (χ1) is 18.3. The van der Waals surface area contributed by atoms with E-state index < -0.39 is 0 Å². The summed E-state index contributed by atoms with van der Waals surface area (Å²) in [6.07, 6.45) is 47.9. The van der Waals surface area contributed by atoms with E-state index in [-0.39, 0.29) is 0 Å². The normalized spacial score (nSPS) is 11.6. The first kappa shape index (κ1) is 36.4. The summed E-state index contributed by atoms with van der Waals surface area (Å²) in [4.78, 5) is 10.9. The van der Waals surface area contributed by atoms with Gasteiger partial charge in [-0.2, -0.15) is 0 Å². The molecule has 0 saturated carbocycles. The van der Waals surface area contributed by atoms with Crippen LogP contribution >= 0.6 is 0 Å². The van der Waals surface area contributed by atoms with Crippen molar-refractivity contribution in [3.05, 3.63) is 12.2 Å². The molecule has 0 rings (SSSR count). The fourth-order valence-corrected chi connectivity index (χ4v) is 5.45. The fraction of sp³-hybridized carbons (Fsp3) is 0.917. The summed E-state index contributed by atoms with van der Waals surface area (Å²) in [6.45, 7) is 4.00. The molecule has 0 radical (unpaired) electrons. The molecule has 0 aliphatic rings. The lowest BCUT2D eigenvalue weighted by Gasteiger charge is -2.04. The molecule has 0 aromatic heterocycles. The van der Waals surface area contributed by atoms with Crippen molar-refractivity contribution in [3.8, 4) is 0 Å². The van der Waals surface area contributed by atoms with Gasteiger partial charge in [0.25, 0.3) is 0 Å². The topological polar surface area (TPSA) is 17.1 Å². The monoisotopic (exact) mass is 519 g/mol. The van der Waals surface area contributed by atoms with E-state index in [4.69, 9.17) is 0 Å². The van der Waals surface area contributed by atoms with Gasteiger partial charge >= 0.3 is 0 Å². The molecular formula is C36H70O. The zero-order valence-electron chi connectivity index (χ0n) is 26.0. The minimum absolute atomic E-state index is 0.351. The van der Waals surface area contributed by atoms with E-state index >= 15 is 0 Å². The zero-order valence-corrected chi connectivity index (χ0v) is 26.0. The second-order valence-electron chi connectivity index (χ2n) is 12.0. The van der Waals surface area contributed by atoms with E-state index in [9.17, 15) is 4.79 Å². The predicted molar refractivity (Wildman–Crippen MR) is 169 cm³/mol. The Morgan fingerprint density at radius 3 is 0.892 bits per heavy atom. The number of hydrogen-bond acceptors (Lipinski definition) is 1. The number of unbranched alkanes of at least 4 members (excludes halogenated alkanes) is 28. The predicted octanol–water partition coefficient (Wildman–Crippen LogP) is 13.2. The molecule has 37 heavy (non-hydrogen) atoms. The highest BCUT2D eigenvalue weighted by atomic mass is 16.1. The summed E-state index contributed by atoms with van der Waals surface area (Å²) in [7, 11) is 0. The average Bonchev–Trinajstić information content (AvgIpc) is 2.89. The van der Waals surface area contributed by atoms with Gasteiger partial charge in [-0.15, -0.1) is 0 Å². The molecule has 0 spiro atoms. The summed E-state index contributed by atoms with van der Waals surface area (Å²) in [5.41, 5.74) is 0. The Morgan fingerprint density at radius 1 is 0.378 bits per heavy atom. The van der Waals surface area contributed by atoms with Crippen LogP contribution in [0.5, 0.6) is 0 Å². The first-order valence-electron chi connectivity index (χ1n) is 17.4. The molecule has 0 N–H and O–H groups in total. The van der Waals surface area contributed by atoms with E-state index in [1.54, 1.807) is 6.92 Å². The lowest BCUT2D eigenvalue weighted by atomic mass is 10.0. The molecule has 0 aromatic rings. The number of Topliss-reactive ketones (excluding diaryl/α,β-unsaturated/α-hetero) is 1. The standard InChI is InChI=1S/C36H70O/c1-3-4-5-6-7-8-9-10-11-12-13-14-15-16-17-18-19-20-21-22-23-24-25-26-27-28-29-30-31-32-33-34-35-36(2)37/h10-11H,3-9,12-35H2,1-2H3/b11-10+. The Labute approximate surface area is 235 Å². The summed E-state index contributed by atoms with van der Waals surface area (Å²) < 4.78 is 0. The van der Waals surface area contributed by atoms with Gasteiger partial charge in [-0.3, -0.25) is 0 Å². The quantitative estimate of drug-likeness (QED) is 0.0639. The molecule has 0 heterocycles. The van der Waals surface area contributed by atoms with Crippen LogP contribution in [0, 0.1) is 0 Å². The molecule has 0 aliphatic heterocycles. The molecule has 0 unspecified atom stereocenters. The van der Waals surface area contributed by atoms with Crippen LogP contribution in [0.25, 0.3) is 0 Å². The number of carbonyl (C=O) groups excluding carboxylic acids is 1. The molecule has 0 aromatic carbocycles.